The minimum absolute atomic E-state index is 0.00157. The number of amides is 3. The Labute approximate surface area is 167 Å². The Morgan fingerprint density at radius 1 is 1.18 bits per heavy atom. The third kappa shape index (κ3) is 7.19. The fourth-order valence-electron chi connectivity index (χ4n) is 2.31. The smallest absolute Gasteiger partial charge is 0.326 e. The molecule has 1 heterocycles. The van der Waals surface area contributed by atoms with Gasteiger partial charge in [-0.15, -0.1) is 0 Å². The maximum absolute atomic E-state index is 12.6. The Morgan fingerprint density at radius 3 is 2.32 bits per heavy atom. The van der Waals surface area contributed by atoms with E-state index in [2.05, 4.69) is 38.5 Å². The molecule has 0 aromatic carbocycles. The molecule has 7 N–H and O–H groups in total. The molecule has 0 fully saturated rings. The number of aliphatic carboxylic acids is 1. The van der Waals surface area contributed by atoms with Crippen LogP contribution in [0.2, 0.25) is 0 Å². The van der Waals surface area contributed by atoms with Crippen LogP contribution in [0.15, 0.2) is 12.5 Å². The Balaban J connectivity index is 2.82. The van der Waals surface area contributed by atoms with Crippen molar-refractivity contribution in [1.82, 2.24) is 25.9 Å². The van der Waals surface area contributed by atoms with E-state index < -0.39 is 41.8 Å². The Kier molecular flexibility index (Phi) is 9.45. The predicted molar refractivity (Wildman–Crippen MR) is 103 cm³/mol. The summed E-state index contributed by atoms with van der Waals surface area (Å²) in [5, 5.41) is 16.7. The van der Waals surface area contributed by atoms with Crippen LogP contribution in [-0.2, 0) is 25.6 Å². The molecule has 28 heavy (non-hydrogen) atoms. The topological polar surface area (TPSA) is 179 Å². The zero-order valence-corrected chi connectivity index (χ0v) is 16.5. The van der Waals surface area contributed by atoms with Crippen LogP contribution in [0.3, 0.4) is 0 Å². The number of carbonyl (C=O) groups excluding carboxylic acids is 3. The van der Waals surface area contributed by atoms with Gasteiger partial charge in [0, 0.05) is 24.1 Å². The van der Waals surface area contributed by atoms with Crippen LogP contribution >= 0.6 is 12.6 Å². The summed E-state index contributed by atoms with van der Waals surface area (Å²) in [4.78, 5) is 54.5. The average Bonchev–Trinajstić information content (AvgIpc) is 3.15. The number of rotatable bonds is 11. The van der Waals surface area contributed by atoms with Gasteiger partial charge in [-0.1, -0.05) is 13.8 Å². The van der Waals surface area contributed by atoms with E-state index in [0.29, 0.717) is 5.69 Å². The molecular formula is C16H26N6O5S. The van der Waals surface area contributed by atoms with E-state index in [1.54, 1.807) is 13.8 Å². The van der Waals surface area contributed by atoms with Gasteiger partial charge in [-0.2, -0.15) is 12.6 Å². The summed E-state index contributed by atoms with van der Waals surface area (Å²) in [6.45, 7) is 3.10. The number of thiol groups is 1. The summed E-state index contributed by atoms with van der Waals surface area (Å²) in [5.74, 6) is -3.37. The second kappa shape index (κ2) is 11.3. The van der Waals surface area contributed by atoms with Crippen molar-refractivity contribution in [1.29, 1.82) is 0 Å². The maximum atomic E-state index is 12.6. The van der Waals surface area contributed by atoms with Gasteiger partial charge in [0.1, 0.15) is 18.1 Å². The number of hydrogen-bond acceptors (Lipinski definition) is 7. The van der Waals surface area contributed by atoms with Crippen LogP contribution in [0.5, 0.6) is 0 Å². The molecule has 0 saturated carbocycles. The van der Waals surface area contributed by atoms with Crippen molar-refractivity contribution >= 4 is 36.3 Å². The van der Waals surface area contributed by atoms with Crippen LogP contribution in [0.4, 0.5) is 0 Å². The summed E-state index contributed by atoms with van der Waals surface area (Å²) in [6.07, 6.45) is 2.87. The normalized spacial score (nSPS) is 14.0. The van der Waals surface area contributed by atoms with Gasteiger partial charge in [0.25, 0.3) is 0 Å². The first-order valence-electron chi connectivity index (χ1n) is 8.60. The largest absolute Gasteiger partial charge is 0.480 e. The highest BCUT2D eigenvalue weighted by atomic mass is 32.1. The third-order valence-corrected chi connectivity index (χ3v) is 4.23. The highest BCUT2D eigenvalue weighted by molar-refractivity contribution is 7.80. The zero-order valence-electron chi connectivity index (χ0n) is 15.6. The van der Waals surface area contributed by atoms with Crippen molar-refractivity contribution in [2.45, 2.75) is 38.4 Å². The number of carboxylic acids is 1. The minimum atomic E-state index is -1.22. The highest BCUT2D eigenvalue weighted by Gasteiger charge is 2.31. The molecule has 156 valence electrons. The molecule has 11 nitrogen and oxygen atoms in total. The number of aromatic amines is 1. The summed E-state index contributed by atoms with van der Waals surface area (Å²) in [5.41, 5.74) is 5.76. The summed E-state index contributed by atoms with van der Waals surface area (Å²) in [7, 11) is 0. The van der Waals surface area contributed by atoms with Crippen LogP contribution in [0, 0.1) is 5.92 Å². The fourth-order valence-corrected chi connectivity index (χ4v) is 2.57. The molecule has 1 rings (SSSR count). The van der Waals surface area contributed by atoms with Gasteiger partial charge in [0.15, 0.2) is 0 Å². The van der Waals surface area contributed by atoms with E-state index in [1.807, 2.05) is 0 Å². The van der Waals surface area contributed by atoms with Crippen molar-refractivity contribution < 1.29 is 24.3 Å². The molecule has 1 aromatic heterocycles. The molecule has 1 aromatic rings. The van der Waals surface area contributed by atoms with Gasteiger partial charge in [-0.25, -0.2) is 9.78 Å². The lowest BCUT2D eigenvalue weighted by Crippen LogP contribution is -2.58. The van der Waals surface area contributed by atoms with Gasteiger partial charge in [0.05, 0.1) is 12.9 Å². The van der Waals surface area contributed by atoms with Crippen molar-refractivity contribution in [3.63, 3.8) is 0 Å². The second-order valence-electron chi connectivity index (χ2n) is 6.42. The molecule has 0 radical (unpaired) electrons. The molecule has 0 bridgehead atoms. The van der Waals surface area contributed by atoms with Gasteiger partial charge in [-0.3, -0.25) is 14.4 Å². The average molecular weight is 414 g/mol. The van der Waals surface area contributed by atoms with Gasteiger partial charge in [-0.05, 0) is 5.92 Å². The number of aromatic nitrogens is 2. The number of carboxylic acid groups (broad SMARTS) is 1. The number of nitrogens with zero attached hydrogens (tertiary/aromatic N) is 1. The van der Waals surface area contributed by atoms with E-state index in [0.717, 1.165) is 0 Å². The first kappa shape index (κ1) is 23.4. The molecule has 0 saturated heterocycles. The molecule has 0 spiro atoms. The lowest BCUT2D eigenvalue weighted by molar-refractivity contribution is -0.142. The molecule has 0 aliphatic carbocycles. The first-order valence-corrected chi connectivity index (χ1v) is 9.23. The monoisotopic (exact) mass is 414 g/mol. The first-order chi connectivity index (χ1) is 13.2. The quantitative estimate of drug-likeness (QED) is 0.205. The lowest BCUT2D eigenvalue weighted by atomic mass is 10.0. The Hall–Kier alpha value is -2.60. The van der Waals surface area contributed by atoms with Gasteiger partial charge < -0.3 is 31.8 Å². The second-order valence-corrected chi connectivity index (χ2v) is 6.78. The van der Waals surface area contributed by atoms with Crippen LogP contribution in [-0.4, -0.2) is 69.2 Å². The van der Waals surface area contributed by atoms with Crippen molar-refractivity contribution in [3.8, 4) is 0 Å². The molecular weight excluding hydrogens is 388 g/mol. The third-order valence-electron chi connectivity index (χ3n) is 3.86. The van der Waals surface area contributed by atoms with Crippen LogP contribution < -0.4 is 21.7 Å². The number of imidazole rings is 1. The van der Waals surface area contributed by atoms with Crippen molar-refractivity contribution in [2.75, 3.05) is 12.3 Å². The summed E-state index contributed by atoms with van der Waals surface area (Å²) in [6, 6.07) is -3.19. The standard InChI is InChI=1S/C16H26N6O5S/c1-8(2)13(22-14(24)11(6-28)20-12(23)4-17)15(25)21-10(16(26)27)3-9-5-18-7-19-9/h5,7-8,10-11,13,28H,3-4,6,17H2,1-2H3,(H,18,19)(H,20,23)(H,21,25)(H,22,24)(H,26,27). The Morgan fingerprint density at radius 2 is 1.86 bits per heavy atom. The Bertz CT molecular complexity index is 681. The van der Waals surface area contributed by atoms with Crippen molar-refractivity contribution in [3.05, 3.63) is 18.2 Å². The molecule has 3 amide bonds. The number of carbonyl (C=O) groups is 4. The number of nitrogens with one attached hydrogen (secondary N) is 4. The molecule has 12 heteroatoms. The number of nitrogens with two attached hydrogens (primary N) is 1. The van der Waals surface area contributed by atoms with E-state index in [1.165, 1.54) is 12.5 Å². The lowest BCUT2D eigenvalue weighted by Gasteiger charge is -2.26. The number of H-pyrrole nitrogens is 1. The SMILES string of the molecule is CC(C)C(NC(=O)C(CS)NC(=O)CN)C(=O)NC(Cc1cnc[nH]1)C(=O)O. The van der Waals surface area contributed by atoms with E-state index >= 15 is 0 Å². The fraction of sp³-hybridized carbons (Fsp3) is 0.562. The van der Waals surface area contributed by atoms with Crippen LogP contribution in [0.1, 0.15) is 19.5 Å². The highest BCUT2D eigenvalue weighted by Crippen LogP contribution is 2.06. The van der Waals surface area contributed by atoms with E-state index in [4.69, 9.17) is 5.73 Å². The summed E-state index contributed by atoms with van der Waals surface area (Å²) < 4.78 is 0. The molecule has 3 unspecified atom stereocenters. The molecule has 0 aliphatic heterocycles. The predicted octanol–water partition coefficient (Wildman–Crippen LogP) is -1.96. The van der Waals surface area contributed by atoms with E-state index in [-0.39, 0.29) is 24.6 Å². The zero-order chi connectivity index (χ0) is 21.3. The van der Waals surface area contributed by atoms with Gasteiger partial charge in [0.2, 0.25) is 17.7 Å². The maximum Gasteiger partial charge on any atom is 0.326 e. The molecule has 3 atom stereocenters. The van der Waals surface area contributed by atoms with Gasteiger partial charge >= 0.3 is 5.97 Å². The van der Waals surface area contributed by atoms with E-state index in [9.17, 15) is 24.3 Å². The number of hydrogen-bond donors (Lipinski definition) is 7. The van der Waals surface area contributed by atoms with Crippen LogP contribution in [0.25, 0.3) is 0 Å². The van der Waals surface area contributed by atoms with Crippen molar-refractivity contribution in [2.24, 2.45) is 11.7 Å². The minimum Gasteiger partial charge on any atom is -0.480 e. The summed E-state index contributed by atoms with van der Waals surface area (Å²) >= 11 is 4.02. The molecule has 0 aliphatic rings.